The van der Waals surface area contributed by atoms with Crippen LogP contribution in [0.4, 0.5) is 9.18 Å². The Hall–Kier alpha value is -1.99. The molecule has 2 aromatic heterocycles. The number of carbonyl (C=O) groups is 1. The molecule has 1 saturated heterocycles. The van der Waals surface area contributed by atoms with Crippen molar-refractivity contribution in [2.45, 2.75) is 37.8 Å². The first-order chi connectivity index (χ1) is 12.5. The van der Waals surface area contributed by atoms with Crippen molar-refractivity contribution in [1.29, 1.82) is 0 Å². The number of carbonyl (C=O) groups excluding carboxylic acids is 1. The SMILES string of the molecule is O=C(Cl)N1CCN(Cc2cnc3ccc(F)cn3c2=O)C2(CCCC2)C1. The summed E-state index contributed by atoms with van der Waals surface area (Å²) in [5.41, 5.74) is 0.563. The normalized spacial score (nSPS) is 20.2. The van der Waals surface area contributed by atoms with Gasteiger partial charge in [-0.15, -0.1) is 0 Å². The molecule has 1 aliphatic carbocycles. The predicted molar refractivity (Wildman–Crippen MR) is 95.9 cm³/mol. The molecule has 6 nitrogen and oxygen atoms in total. The lowest BCUT2D eigenvalue weighted by molar-refractivity contribution is 0.0135. The number of amides is 1. The summed E-state index contributed by atoms with van der Waals surface area (Å²) < 4.78 is 14.8. The molecule has 1 saturated carbocycles. The van der Waals surface area contributed by atoms with E-state index in [4.69, 9.17) is 11.6 Å². The van der Waals surface area contributed by atoms with Crippen molar-refractivity contribution in [3.8, 4) is 0 Å². The van der Waals surface area contributed by atoms with Gasteiger partial charge in [-0.3, -0.25) is 18.9 Å². The van der Waals surface area contributed by atoms with Crippen LogP contribution in [-0.4, -0.2) is 49.7 Å². The van der Waals surface area contributed by atoms with Gasteiger partial charge < -0.3 is 4.90 Å². The van der Waals surface area contributed by atoms with Crippen LogP contribution in [0.3, 0.4) is 0 Å². The first-order valence-corrected chi connectivity index (χ1v) is 9.22. The molecule has 2 fully saturated rings. The van der Waals surface area contributed by atoms with Crippen molar-refractivity contribution in [1.82, 2.24) is 19.2 Å². The van der Waals surface area contributed by atoms with E-state index >= 15 is 0 Å². The number of nitrogens with zero attached hydrogens (tertiary/aromatic N) is 4. The highest BCUT2D eigenvalue weighted by atomic mass is 35.5. The van der Waals surface area contributed by atoms with Gasteiger partial charge in [-0.2, -0.15) is 0 Å². The van der Waals surface area contributed by atoms with Crippen LogP contribution in [0.2, 0.25) is 0 Å². The van der Waals surface area contributed by atoms with Gasteiger partial charge in [0.15, 0.2) is 0 Å². The fourth-order valence-electron chi connectivity index (χ4n) is 4.32. The van der Waals surface area contributed by atoms with E-state index in [0.29, 0.717) is 37.4 Å². The smallest absolute Gasteiger partial charge is 0.316 e. The van der Waals surface area contributed by atoms with Crippen LogP contribution in [0.15, 0.2) is 29.3 Å². The van der Waals surface area contributed by atoms with Crippen LogP contribution in [0, 0.1) is 5.82 Å². The molecule has 138 valence electrons. The third-order valence-corrected chi connectivity index (χ3v) is 5.92. The minimum Gasteiger partial charge on any atom is -0.326 e. The predicted octanol–water partition coefficient (Wildman–Crippen LogP) is 2.62. The summed E-state index contributed by atoms with van der Waals surface area (Å²) in [6.45, 7) is 2.23. The monoisotopic (exact) mass is 378 g/mol. The fraction of sp³-hybridized carbons (Fsp3) is 0.500. The Bertz CT molecular complexity index is 910. The van der Waals surface area contributed by atoms with E-state index in [9.17, 15) is 14.0 Å². The van der Waals surface area contributed by atoms with Crippen molar-refractivity contribution in [3.05, 3.63) is 46.3 Å². The summed E-state index contributed by atoms with van der Waals surface area (Å²) in [6, 6.07) is 2.78. The highest BCUT2D eigenvalue weighted by molar-refractivity contribution is 6.62. The molecule has 0 unspecified atom stereocenters. The molecule has 8 heteroatoms. The minimum absolute atomic E-state index is 0.142. The van der Waals surface area contributed by atoms with Crippen molar-refractivity contribution in [2.24, 2.45) is 0 Å². The molecule has 0 bridgehead atoms. The van der Waals surface area contributed by atoms with Crippen LogP contribution in [0.5, 0.6) is 0 Å². The standard InChI is InChI=1S/C18H20ClFN4O2/c19-17(26)22-7-8-23(18(12-22)5-1-2-6-18)10-13-9-21-15-4-3-14(20)11-24(15)16(13)25/h3-4,9,11H,1-2,5-8,10,12H2. The number of pyridine rings is 1. The van der Waals surface area contributed by atoms with Gasteiger partial charge in [-0.05, 0) is 36.6 Å². The van der Waals surface area contributed by atoms with Gasteiger partial charge in [0.1, 0.15) is 11.5 Å². The first-order valence-electron chi connectivity index (χ1n) is 8.84. The second-order valence-electron chi connectivity index (χ2n) is 7.19. The zero-order valence-electron chi connectivity index (χ0n) is 14.3. The molecule has 1 spiro atoms. The van der Waals surface area contributed by atoms with E-state index in [0.717, 1.165) is 25.7 Å². The second-order valence-corrected chi connectivity index (χ2v) is 7.51. The maximum atomic E-state index is 13.5. The third kappa shape index (κ3) is 2.99. The first kappa shape index (κ1) is 17.4. The van der Waals surface area contributed by atoms with Crippen molar-refractivity contribution in [2.75, 3.05) is 19.6 Å². The van der Waals surface area contributed by atoms with Gasteiger partial charge in [-0.25, -0.2) is 9.37 Å². The van der Waals surface area contributed by atoms with Crippen LogP contribution >= 0.6 is 11.6 Å². The van der Waals surface area contributed by atoms with Gasteiger partial charge in [-0.1, -0.05) is 12.8 Å². The van der Waals surface area contributed by atoms with Gasteiger partial charge in [0.2, 0.25) is 0 Å². The number of hydrogen-bond acceptors (Lipinski definition) is 4. The molecule has 26 heavy (non-hydrogen) atoms. The molecular formula is C18H20ClFN4O2. The van der Waals surface area contributed by atoms with Gasteiger partial charge in [0, 0.05) is 44.1 Å². The van der Waals surface area contributed by atoms with E-state index in [1.54, 1.807) is 11.1 Å². The Labute approximate surface area is 155 Å². The van der Waals surface area contributed by atoms with Crippen LogP contribution in [-0.2, 0) is 6.54 Å². The summed E-state index contributed by atoms with van der Waals surface area (Å²) in [6.07, 6.45) is 6.90. The van der Waals surface area contributed by atoms with Crippen LogP contribution < -0.4 is 5.56 Å². The molecule has 1 amide bonds. The van der Waals surface area contributed by atoms with Crippen molar-refractivity contribution >= 4 is 22.6 Å². The highest BCUT2D eigenvalue weighted by Crippen LogP contribution is 2.39. The van der Waals surface area contributed by atoms with Crippen LogP contribution in [0.1, 0.15) is 31.2 Å². The lowest BCUT2D eigenvalue weighted by Gasteiger charge is -2.48. The molecule has 3 heterocycles. The Morgan fingerprint density at radius 1 is 1.27 bits per heavy atom. The van der Waals surface area contributed by atoms with Crippen molar-refractivity contribution < 1.29 is 9.18 Å². The Morgan fingerprint density at radius 2 is 2.04 bits per heavy atom. The summed E-state index contributed by atoms with van der Waals surface area (Å²) in [4.78, 5) is 32.6. The summed E-state index contributed by atoms with van der Waals surface area (Å²) >= 11 is 5.70. The number of fused-ring (bicyclic) bond motifs is 1. The van der Waals surface area contributed by atoms with Crippen molar-refractivity contribution in [3.63, 3.8) is 0 Å². The number of hydrogen-bond donors (Lipinski definition) is 0. The van der Waals surface area contributed by atoms with Gasteiger partial charge in [0.05, 0.1) is 5.56 Å². The van der Waals surface area contributed by atoms with E-state index in [1.807, 2.05) is 0 Å². The molecule has 4 rings (SSSR count). The quantitative estimate of drug-likeness (QED) is 0.595. The number of piperazine rings is 1. The zero-order chi connectivity index (χ0) is 18.3. The van der Waals surface area contributed by atoms with Gasteiger partial charge >= 0.3 is 5.37 Å². The maximum absolute atomic E-state index is 13.5. The number of halogens is 2. The number of aromatic nitrogens is 2. The molecule has 2 aromatic rings. The molecular weight excluding hydrogens is 359 g/mol. The molecule has 1 aliphatic heterocycles. The molecule has 0 atom stereocenters. The molecule has 0 radical (unpaired) electrons. The summed E-state index contributed by atoms with van der Waals surface area (Å²) in [5, 5.41) is -0.418. The maximum Gasteiger partial charge on any atom is 0.316 e. The van der Waals surface area contributed by atoms with E-state index in [-0.39, 0.29) is 11.1 Å². The van der Waals surface area contributed by atoms with Gasteiger partial charge in [0.25, 0.3) is 5.56 Å². The molecule has 0 N–H and O–H groups in total. The van der Waals surface area contributed by atoms with E-state index in [2.05, 4.69) is 9.88 Å². The van der Waals surface area contributed by atoms with E-state index < -0.39 is 11.2 Å². The highest BCUT2D eigenvalue weighted by Gasteiger charge is 2.44. The zero-order valence-corrected chi connectivity index (χ0v) is 15.1. The van der Waals surface area contributed by atoms with Crippen LogP contribution in [0.25, 0.3) is 5.65 Å². The summed E-state index contributed by atoms with van der Waals surface area (Å²) in [7, 11) is 0. The Morgan fingerprint density at radius 3 is 2.77 bits per heavy atom. The average Bonchev–Trinajstić information content (AvgIpc) is 3.08. The minimum atomic E-state index is -0.472. The molecule has 0 aromatic carbocycles. The topological polar surface area (TPSA) is 57.9 Å². The second kappa shape index (κ2) is 6.63. The Kier molecular flexibility index (Phi) is 4.44. The lowest BCUT2D eigenvalue weighted by atomic mass is 9.91. The average molecular weight is 379 g/mol. The Balaban J connectivity index is 1.66. The number of rotatable bonds is 2. The fourth-order valence-corrected chi connectivity index (χ4v) is 4.46. The summed E-state index contributed by atoms with van der Waals surface area (Å²) in [5.74, 6) is -0.472. The lowest BCUT2D eigenvalue weighted by Crippen LogP contribution is -2.61. The van der Waals surface area contributed by atoms with E-state index in [1.165, 1.54) is 22.7 Å². The largest absolute Gasteiger partial charge is 0.326 e. The third-order valence-electron chi connectivity index (χ3n) is 5.68. The molecule has 2 aliphatic rings.